The molecule has 8 heteroatoms. The van der Waals surface area contributed by atoms with E-state index in [0.717, 1.165) is 46.0 Å². The summed E-state index contributed by atoms with van der Waals surface area (Å²) in [7, 11) is 1.63. The van der Waals surface area contributed by atoms with E-state index in [2.05, 4.69) is 4.98 Å². The van der Waals surface area contributed by atoms with Crippen LogP contribution in [0.25, 0.3) is 10.2 Å². The number of amides is 1. The van der Waals surface area contributed by atoms with Crippen LogP contribution in [0, 0.1) is 13.8 Å². The fourth-order valence-electron chi connectivity index (χ4n) is 4.08. The molecular formula is C24H29N3O4S. The fraction of sp³-hybridized carbons (Fsp3) is 0.458. The quantitative estimate of drug-likeness (QED) is 0.518. The van der Waals surface area contributed by atoms with E-state index in [1.54, 1.807) is 18.0 Å². The molecule has 0 saturated carbocycles. The molecule has 1 aromatic carbocycles. The van der Waals surface area contributed by atoms with Crippen molar-refractivity contribution in [3.05, 3.63) is 57.0 Å². The van der Waals surface area contributed by atoms with Crippen molar-refractivity contribution in [2.24, 2.45) is 0 Å². The van der Waals surface area contributed by atoms with Crippen molar-refractivity contribution < 1.29 is 14.3 Å². The molecule has 0 aliphatic carbocycles. The molecule has 1 aliphatic heterocycles. The van der Waals surface area contributed by atoms with Crippen molar-refractivity contribution >= 4 is 27.5 Å². The third-order valence-corrected chi connectivity index (χ3v) is 7.15. The second-order valence-corrected chi connectivity index (χ2v) is 9.42. The highest BCUT2D eigenvalue weighted by molar-refractivity contribution is 7.18. The van der Waals surface area contributed by atoms with Crippen LogP contribution in [0.3, 0.4) is 0 Å². The van der Waals surface area contributed by atoms with E-state index in [1.165, 1.54) is 11.3 Å². The van der Waals surface area contributed by atoms with E-state index in [0.29, 0.717) is 25.0 Å². The van der Waals surface area contributed by atoms with Crippen molar-refractivity contribution in [1.29, 1.82) is 0 Å². The topological polar surface area (TPSA) is 73.7 Å². The first-order chi connectivity index (χ1) is 15.5. The Morgan fingerprint density at radius 2 is 2.22 bits per heavy atom. The monoisotopic (exact) mass is 455 g/mol. The minimum absolute atomic E-state index is 0.00598. The van der Waals surface area contributed by atoms with E-state index in [9.17, 15) is 9.59 Å². The summed E-state index contributed by atoms with van der Waals surface area (Å²) in [6, 6.07) is 7.75. The van der Waals surface area contributed by atoms with Gasteiger partial charge in [0.05, 0.1) is 24.9 Å². The summed E-state index contributed by atoms with van der Waals surface area (Å²) in [6.45, 7) is 6.01. The van der Waals surface area contributed by atoms with Gasteiger partial charge < -0.3 is 14.4 Å². The van der Waals surface area contributed by atoms with E-state index in [4.69, 9.17) is 9.47 Å². The number of carbonyl (C=O) groups is 1. The summed E-state index contributed by atoms with van der Waals surface area (Å²) in [5, 5.41) is 0.662. The van der Waals surface area contributed by atoms with Crippen molar-refractivity contribution in [3.8, 4) is 5.75 Å². The number of methoxy groups -OCH3 is 1. The molecule has 0 N–H and O–H groups in total. The highest BCUT2D eigenvalue weighted by Crippen LogP contribution is 2.25. The zero-order chi connectivity index (χ0) is 22.7. The Morgan fingerprint density at radius 3 is 2.97 bits per heavy atom. The van der Waals surface area contributed by atoms with Crippen molar-refractivity contribution in [1.82, 2.24) is 14.5 Å². The second kappa shape index (κ2) is 9.83. The van der Waals surface area contributed by atoms with Gasteiger partial charge in [0.2, 0.25) is 5.91 Å². The third-order valence-electron chi connectivity index (χ3n) is 6.03. The Bertz CT molecular complexity index is 1160. The van der Waals surface area contributed by atoms with Gasteiger partial charge in [-0.05, 0) is 49.9 Å². The third kappa shape index (κ3) is 4.86. The van der Waals surface area contributed by atoms with Gasteiger partial charge in [0.1, 0.15) is 10.6 Å². The molecule has 0 bridgehead atoms. The number of aryl methyl sites for hydroxylation is 3. The van der Waals surface area contributed by atoms with E-state index in [1.807, 2.05) is 43.0 Å². The lowest BCUT2D eigenvalue weighted by atomic mass is 10.1. The van der Waals surface area contributed by atoms with Crippen molar-refractivity contribution in [3.63, 3.8) is 0 Å². The molecule has 4 rings (SSSR count). The molecule has 1 aliphatic rings. The Kier molecular flexibility index (Phi) is 6.91. The highest BCUT2D eigenvalue weighted by atomic mass is 32.1. The smallest absolute Gasteiger partial charge is 0.262 e. The first-order valence-corrected chi connectivity index (χ1v) is 11.8. The molecule has 1 atom stereocenters. The molecule has 1 fully saturated rings. The number of ether oxygens (including phenoxy) is 2. The summed E-state index contributed by atoms with van der Waals surface area (Å²) in [5.41, 5.74) is 1.89. The zero-order valence-electron chi connectivity index (χ0n) is 18.8. The zero-order valence-corrected chi connectivity index (χ0v) is 19.6. The summed E-state index contributed by atoms with van der Waals surface area (Å²) in [6.07, 6.45) is 3.82. The van der Waals surface area contributed by atoms with Gasteiger partial charge in [-0.3, -0.25) is 14.2 Å². The lowest BCUT2D eigenvalue weighted by Crippen LogP contribution is -2.37. The Hall–Kier alpha value is -2.71. The van der Waals surface area contributed by atoms with Crippen molar-refractivity contribution in [2.75, 3.05) is 20.3 Å². The minimum Gasteiger partial charge on any atom is -0.497 e. The van der Waals surface area contributed by atoms with Gasteiger partial charge in [-0.1, -0.05) is 12.1 Å². The highest BCUT2D eigenvalue weighted by Gasteiger charge is 2.23. The maximum Gasteiger partial charge on any atom is 0.262 e. The number of hydrogen-bond donors (Lipinski definition) is 0. The standard InChI is InChI=1S/C24H29N3O4S/c1-16-17(2)32-23-22(16)24(29)26(15-25-23)10-9-21(28)27(14-20-8-5-11-31-20)13-18-6-4-7-19(12-18)30-3/h4,6-7,12,15,20H,5,8-11,13-14H2,1-3H3. The lowest BCUT2D eigenvalue weighted by molar-refractivity contribution is -0.133. The van der Waals surface area contributed by atoms with Crippen molar-refractivity contribution in [2.45, 2.75) is 52.3 Å². The number of thiophene rings is 1. The molecule has 1 amide bonds. The van der Waals surface area contributed by atoms with Crippen LogP contribution in [0.15, 0.2) is 35.4 Å². The number of rotatable bonds is 8. The van der Waals surface area contributed by atoms with Gasteiger partial charge in [0, 0.05) is 37.5 Å². The summed E-state index contributed by atoms with van der Waals surface area (Å²) in [5.74, 6) is 0.757. The largest absolute Gasteiger partial charge is 0.497 e. The van der Waals surface area contributed by atoms with E-state index < -0.39 is 0 Å². The van der Waals surface area contributed by atoms with Gasteiger partial charge in [-0.2, -0.15) is 0 Å². The minimum atomic E-state index is -0.0804. The van der Waals surface area contributed by atoms with E-state index >= 15 is 0 Å². The van der Waals surface area contributed by atoms with Gasteiger partial charge in [-0.15, -0.1) is 11.3 Å². The molecule has 7 nitrogen and oxygen atoms in total. The first-order valence-electron chi connectivity index (χ1n) is 10.9. The Morgan fingerprint density at radius 1 is 1.38 bits per heavy atom. The molecule has 2 aromatic heterocycles. The summed E-state index contributed by atoms with van der Waals surface area (Å²) < 4.78 is 12.7. The average molecular weight is 456 g/mol. The van der Waals surface area contributed by atoms with Crippen LogP contribution in [-0.2, 0) is 22.6 Å². The molecule has 0 radical (unpaired) electrons. The number of nitrogens with zero attached hydrogens (tertiary/aromatic N) is 3. The number of hydrogen-bond acceptors (Lipinski definition) is 6. The predicted molar refractivity (Wildman–Crippen MR) is 125 cm³/mol. The first kappa shape index (κ1) is 22.5. The normalized spacial score (nSPS) is 15.9. The SMILES string of the molecule is COc1cccc(CN(CC2CCCO2)C(=O)CCn2cnc3sc(C)c(C)c3c2=O)c1. The van der Waals surface area contributed by atoms with Crippen LogP contribution >= 0.6 is 11.3 Å². The molecule has 170 valence electrons. The maximum atomic E-state index is 13.2. The van der Waals surface area contributed by atoms with Crippen LogP contribution in [0.2, 0.25) is 0 Å². The van der Waals surface area contributed by atoms with Crippen LogP contribution in [0.4, 0.5) is 0 Å². The van der Waals surface area contributed by atoms with Gasteiger partial charge in [0.15, 0.2) is 0 Å². The number of fused-ring (bicyclic) bond motifs is 1. The summed E-state index contributed by atoms with van der Waals surface area (Å²) in [4.78, 5) is 34.3. The molecule has 1 unspecified atom stereocenters. The van der Waals surface area contributed by atoms with Gasteiger partial charge >= 0.3 is 0 Å². The molecule has 3 heterocycles. The summed E-state index contributed by atoms with van der Waals surface area (Å²) >= 11 is 1.53. The number of benzene rings is 1. The second-order valence-electron chi connectivity index (χ2n) is 8.22. The number of carbonyl (C=O) groups excluding carboxylic acids is 1. The van der Waals surface area contributed by atoms with Crippen LogP contribution < -0.4 is 10.3 Å². The molecule has 0 spiro atoms. The average Bonchev–Trinajstić information content (AvgIpc) is 3.41. The fourth-order valence-corrected chi connectivity index (χ4v) is 5.07. The van der Waals surface area contributed by atoms with Gasteiger partial charge in [-0.25, -0.2) is 4.98 Å². The van der Waals surface area contributed by atoms with Crippen LogP contribution in [0.5, 0.6) is 5.75 Å². The Labute approximate surface area is 191 Å². The molecular weight excluding hydrogens is 426 g/mol. The van der Waals surface area contributed by atoms with E-state index in [-0.39, 0.29) is 24.0 Å². The molecule has 3 aromatic rings. The van der Waals surface area contributed by atoms with Crippen LogP contribution in [0.1, 0.15) is 35.3 Å². The lowest BCUT2D eigenvalue weighted by Gasteiger charge is -2.26. The maximum absolute atomic E-state index is 13.2. The van der Waals surface area contributed by atoms with Gasteiger partial charge in [0.25, 0.3) is 5.56 Å². The molecule has 32 heavy (non-hydrogen) atoms. The Balaban J connectivity index is 1.50. The predicted octanol–water partition coefficient (Wildman–Crippen LogP) is 3.68. The number of aromatic nitrogens is 2. The molecule has 1 saturated heterocycles. The van der Waals surface area contributed by atoms with Crippen LogP contribution in [-0.4, -0.2) is 46.7 Å².